The van der Waals surface area contributed by atoms with E-state index in [1.165, 1.54) is 0 Å². The summed E-state index contributed by atoms with van der Waals surface area (Å²) in [5.41, 5.74) is 0. The topological polar surface area (TPSA) is 50.4 Å². The van der Waals surface area contributed by atoms with Gasteiger partial charge in [-0.25, -0.2) is 0 Å². The Balaban J connectivity index is 0.00000400. The molecule has 2 atom stereocenters. The zero-order chi connectivity index (χ0) is 15.0. The molecular formula is C15H24Cl2N2O2. The van der Waals surface area contributed by atoms with Crippen LogP contribution in [0, 0.1) is 0 Å². The zero-order valence-electron chi connectivity index (χ0n) is 12.7. The fourth-order valence-corrected chi connectivity index (χ4v) is 1.98. The first-order chi connectivity index (χ1) is 9.58. The third kappa shape index (κ3) is 7.02. The van der Waals surface area contributed by atoms with E-state index in [2.05, 4.69) is 10.6 Å². The molecule has 0 heterocycles. The minimum Gasteiger partial charge on any atom is -0.479 e. The molecule has 0 aliphatic rings. The molecule has 1 rings (SSSR count). The first-order valence-corrected chi connectivity index (χ1v) is 7.38. The maximum atomic E-state index is 12.1. The van der Waals surface area contributed by atoms with Crippen LogP contribution >= 0.6 is 24.0 Å². The van der Waals surface area contributed by atoms with E-state index in [9.17, 15) is 4.79 Å². The van der Waals surface area contributed by atoms with E-state index < -0.39 is 6.10 Å². The van der Waals surface area contributed by atoms with Crippen molar-refractivity contribution in [2.45, 2.75) is 39.3 Å². The van der Waals surface area contributed by atoms with Crippen molar-refractivity contribution in [1.82, 2.24) is 10.6 Å². The number of carbonyl (C=O) groups is 1. The summed E-state index contributed by atoms with van der Waals surface area (Å²) in [4.78, 5) is 12.1. The van der Waals surface area contributed by atoms with Crippen LogP contribution in [0.25, 0.3) is 0 Å². The number of carbonyl (C=O) groups excluding carboxylic acids is 1. The number of benzene rings is 1. The zero-order valence-corrected chi connectivity index (χ0v) is 14.3. The summed E-state index contributed by atoms with van der Waals surface area (Å²) in [6.07, 6.45) is 0.0656. The Hall–Kier alpha value is -0.970. The summed E-state index contributed by atoms with van der Waals surface area (Å²) in [6, 6.07) is 7.41. The molecule has 1 aromatic rings. The molecule has 0 spiro atoms. The lowest BCUT2D eigenvalue weighted by Crippen LogP contribution is -2.44. The third-order valence-corrected chi connectivity index (χ3v) is 3.22. The Kier molecular flexibility index (Phi) is 10.2. The number of halogens is 2. The monoisotopic (exact) mass is 334 g/mol. The number of rotatable bonds is 8. The SMILES string of the molecule is CCN[C@H](C)CNC(=O)C(CC)Oc1ccccc1Cl.Cl. The second kappa shape index (κ2) is 10.7. The molecule has 0 aliphatic carbocycles. The lowest BCUT2D eigenvalue weighted by molar-refractivity contribution is -0.128. The van der Waals surface area contributed by atoms with E-state index >= 15 is 0 Å². The Labute approximate surface area is 138 Å². The number of para-hydroxylation sites is 1. The van der Waals surface area contributed by atoms with E-state index in [0.717, 1.165) is 6.54 Å². The Morgan fingerprint density at radius 1 is 1.33 bits per heavy atom. The summed E-state index contributed by atoms with van der Waals surface area (Å²) in [5.74, 6) is 0.424. The minimum absolute atomic E-state index is 0. The van der Waals surface area contributed by atoms with Crippen molar-refractivity contribution >= 4 is 29.9 Å². The molecule has 0 aromatic heterocycles. The van der Waals surface area contributed by atoms with Crippen molar-refractivity contribution < 1.29 is 9.53 Å². The first-order valence-electron chi connectivity index (χ1n) is 7.00. The Morgan fingerprint density at radius 2 is 2.00 bits per heavy atom. The van der Waals surface area contributed by atoms with Gasteiger partial charge in [-0.15, -0.1) is 12.4 Å². The van der Waals surface area contributed by atoms with Crippen LogP contribution in [0.3, 0.4) is 0 Å². The number of hydrogen-bond acceptors (Lipinski definition) is 3. The van der Waals surface area contributed by atoms with Gasteiger partial charge < -0.3 is 15.4 Å². The van der Waals surface area contributed by atoms with Gasteiger partial charge >= 0.3 is 0 Å². The second-order valence-corrected chi connectivity index (χ2v) is 5.06. The van der Waals surface area contributed by atoms with Crippen molar-refractivity contribution in [2.75, 3.05) is 13.1 Å². The highest BCUT2D eigenvalue weighted by Crippen LogP contribution is 2.24. The highest BCUT2D eigenvalue weighted by Gasteiger charge is 2.19. The van der Waals surface area contributed by atoms with Crippen LogP contribution in [-0.2, 0) is 4.79 Å². The maximum absolute atomic E-state index is 12.1. The van der Waals surface area contributed by atoms with Crippen LogP contribution in [0.15, 0.2) is 24.3 Å². The maximum Gasteiger partial charge on any atom is 0.261 e. The molecule has 21 heavy (non-hydrogen) atoms. The number of nitrogens with one attached hydrogen (secondary N) is 2. The fourth-order valence-electron chi connectivity index (χ4n) is 1.80. The molecule has 0 aliphatic heterocycles. The number of hydrogen-bond donors (Lipinski definition) is 2. The van der Waals surface area contributed by atoms with Gasteiger partial charge in [0.05, 0.1) is 5.02 Å². The Morgan fingerprint density at radius 3 is 2.57 bits per heavy atom. The summed E-state index contributed by atoms with van der Waals surface area (Å²) in [6.45, 7) is 7.43. The molecule has 0 radical (unpaired) electrons. The molecule has 4 nitrogen and oxygen atoms in total. The lowest BCUT2D eigenvalue weighted by Gasteiger charge is -2.19. The van der Waals surface area contributed by atoms with E-state index in [4.69, 9.17) is 16.3 Å². The molecular weight excluding hydrogens is 311 g/mol. The third-order valence-electron chi connectivity index (χ3n) is 2.90. The summed E-state index contributed by atoms with van der Waals surface area (Å²) in [5, 5.41) is 6.64. The highest BCUT2D eigenvalue weighted by molar-refractivity contribution is 6.32. The van der Waals surface area contributed by atoms with Gasteiger partial charge in [-0.3, -0.25) is 4.79 Å². The van der Waals surface area contributed by atoms with Crippen LogP contribution in [-0.4, -0.2) is 31.1 Å². The van der Waals surface area contributed by atoms with Gasteiger partial charge in [-0.2, -0.15) is 0 Å². The van der Waals surface area contributed by atoms with Gasteiger partial charge in [0.15, 0.2) is 6.10 Å². The fraction of sp³-hybridized carbons (Fsp3) is 0.533. The molecule has 120 valence electrons. The Bertz CT molecular complexity index is 430. The number of amides is 1. The molecule has 0 saturated carbocycles. The van der Waals surface area contributed by atoms with E-state index in [-0.39, 0.29) is 24.4 Å². The van der Waals surface area contributed by atoms with Crippen LogP contribution < -0.4 is 15.4 Å². The van der Waals surface area contributed by atoms with Crippen molar-refractivity contribution in [1.29, 1.82) is 0 Å². The predicted molar refractivity (Wildman–Crippen MR) is 89.6 cm³/mol. The van der Waals surface area contributed by atoms with E-state index in [1.807, 2.05) is 32.9 Å². The summed E-state index contributed by atoms with van der Waals surface area (Å²) < 4.78 is 5.68. The van der Waals surface area contributed by atoms with Crippen LogP contribution in [0.2, 0.25) is 5.02 Å². The first kappa shape index (κ1) is 20.0. The summed E-state index contributed by atoms with van der Waals surface area (Å²) >= 11 is 6.03. The number of ether oxygens (including phenoxy) is 1. The normalized spacial score (nSPS) is 13.0. The van der Waals surface area contributed by atoms with Crippen LogP contribution in [0.1, 0.15) is 27.2 Å². The van der Waals surface area contributed by atoms with E-state index in [0.29, 0.717) is 23.7 Å². The largest absolute Gasteiger partial charge is 0.479 e. The van der Waals surface area contributed by atoms with E-state index in [1.54, 1.807) is 12.1 Å². The molecule has 1 aromatic carbocycles. The molecule has 1 unspecified atom stereocenters. The van der Waals surface area contributed by atoms with Gasteiger partial charge in [-0.05, 0) is 32.0 Å². The minimum atomic E-state index is -0.524. The van der Waals surface area contributed by atoms with Crippen molar-refractivity contribution in [3.8, 4) is 5.75 Å². The second-order valence-electron chi connectivity index (χ2n) is 4.65. The predicted octanol–water partition coefficient (Wildman–Crippen LogP) is 3.03. The van der Waals surface area contributed by atoms with Gasteiger partial charge in [-0.1, -0.05) is 37.6 Å². The van der Waals surface area contributed by atoms with Crippen LogP contribution in [0.5, 0.6) is 5.75 Å². The van der Waals surface area contributed by atoms with Crippen molar-refractivity contribution in [2.24, 2.45) is 0 Å². The quantitative estimate of drug-likeness (QED) is 0.768. The van der Waals surface area contributed by atoms with Crippen LogP contribution in [0.4, 0.5) is 0 Å². The average molecular weight is 335 g/mol. The highest BCUT2D eigenvalue weighted by atomic mass is 35.5. The molecule has 0 bridgehead atoms. The lowest BCUT2D eigenvalue weighted by atomic mass is 10.2. The molecule has 1 amide bonds. The van der Waals surface area contributed by atoms with Gasteiger partial charge in [0.2, 0.25) is 0 Å². The van der Waals surface area contributed by atoms with Gasteiger partial charge in [0, 0.05) is 12.6 Å². The molecule has 0 saturated heterocycles. The van der Waals surface area contributed by atoms with Crippen molar-refractivity contribution in [3.63, 3.8) is 0 Å². The van der Waals surface area contributed by atoms with Crippen molar-refractivity contribution in [3.05, 3.63) is 29.3 Å². The van der Waals surface area contributed by atoms with Gasteiger partial charge in [0.25, 0.3) is 5.91 Å². The average Bonchev–Trinajstić information content (AvgIpc) is 2.44. The standard InChI is InChI=1S/C15H23ClN2O2.ClH/c1-4-13(15(19)18-10-11(3)17-5-2)20-14-9-7-6-8-12(14)16;/h6-9,11,13,17H,4-5,10H2,1-3H3,(H,18,19);1H/t11-,13?;/m1./s1. The van der Waals surface area contributed by atoms with Gasteiger partial charge in [0.1, 0.15) is 5.75 Å². The molecule has 2 N–H and O–H groups in total. The summed E-state index contributed by atoms with van der Waals surface area (Å²) in [7, 11) is 0. The smallest absolute Gasteiger partial charge is 0.261 e. The number of likely N-dealkylation sites (N-methyl/N-ethyl adjacent to an activating group) is 1. The molecule has 6 heteroatoms. The molecule has 0 fully saturated rings.